The van der Waals surface area contributed by atoms with Crippen LogP contribution in [0.5, 0.6) is 0 Å². The van der Waals surface area contributed by atoms with Gasteiger partial charge in [-0.25, -0.2) is 4.39 Å². The quantitative estimate of drug-likeness (QED) is 0.484. The Hall–Kier alpha value is -1.37. The van der Waals surface area contributed by atoms with Gasteiger partial charge in [0.05, 0.1) is 0 Å². The fourth-order valence-corrected chi connectivity index (χ4v) is 6.20. The normalized spacial score (nSPS) is 37.7. The van der Waals surface area contributed by atoms with Crippen molar-refractivity contribution >= 4 is 0 Å². The summed E-state index contributed by atoms with van der Waals surface area (Å²) in [6.07, 6.45) is 19.9. The van der Waals surface area contributed by atoms with Crippen LogP contribution in [-0.2, 0) is 6.42 Å². The number of fused-ring (bicyclic) bond motifs is 3. The van der Waals surface area contributed by atoms with E-state index in [1.807, 2.05) is 18.2 Å². The number of hydrogen-bond donors (Lipinski definition) is 0. The summed E-state index contributed by atoms with van der Waals surface area (Å²) in [5, 5.41) is 0. The van der Waals surface area contributed by atoms with E-state index in [0.717, 1.165) is 31.2 Å². The van der Waals surface area contributed by atoms with Crippen LogP contribution in [0.2, 0.25) is 0 Å². The number of alkyl halides is 1. The van der Waals surface area contributed by atoms with Crippen LogP contribution in [0, 0.1) is 10.8 Å². The fraction of sp³-hybridized carbons (Fsp3) is 0.615. The van der Waals surface area contributed by atoms with E-state index in [0.29, 0.717) is 5.41 Å². The fourth-order valence-electron chi connectivity index (χ4n) is 6.20. The Morgan fingerprint density at radius 3 is 2.19 bits per heavy atom. The van der Waals surface area contributed by atoms with Gasteiger partial charge in [0.2, 0.25) is 0 Å². The number of aryl methyl sites for hydroxylation is 1. The second-order valence-corrected chi connectivity index (χ2v) is 9.47. The van der Waals surface area contributed by atoms with Gasteiger partial charge in [-0.05, 0) is 74.0 Å². The molecule has 3 saturated carbocycles. The van der Waals surface area contributed by atoms with Crippen LogP contribution in [0.1, 0.15) is 88.7 Å². The molecule has 0 nitrogen and oxygen atoms in total. The second kappa shape index (κ2) is 7.22. The molecule has 3 fully saturated rings. The van der Waals surface area contributed by atoms with Crippen molar-refractivity contribution in [1.82, 2.24) is 0 Å². The summed E-state index contributed by atoms with van der Waals surface area (Å²) in [5.41, 5.74) is 1.58. The smallest absolute Gasteiger partial charge is 0.145 e. The summed E-state index contributed by atoms with van der Waals surface area (Å²) >= 11 is 0. The summed E-state index contributed by atoms with van der Waals surface area (Å²) in [7, 11) is 0. The van der Waals surface area contributed by atoms with E-state index in [1.54, 1.807) is 0 Å². The zero-order chi connectivity index (χ0) is 19.0. The molecule has 0 heterocycles. The highest BCUT2D eigenvalue weighted by Gasteiger charge is 2.60. The Morgan fingerprint density at radius 1 is 0.926 bits per heavy atom. The van der Waals surface area contributed by atoms with E-state index in [2.05, 4.69) is 44.2 Å². The molecule has 2 atom stereocenters. The second-order valence-electron chi connectivity index (χ2n) is 9.47. The van der Waals surface area contributed by atoms with Crippen molar-refractivity contribution in [2.75, 3.05) is 0 Å². The summed E-state index contributed by atoms with van der Waals surface area (Å²) in [5.74, 6) is -0.144. The van der Waals surface area contributed by atoms with Crippen LogP contribution in [0.15, 0.2) is 48.6 Å². The summed E-state index contributed by atoms with van der Waals surface area (Å²) in [6, 6.07) is 8.68. The minimum Gasteiger partial charge on any atom is -0.238 e. The lowest BCUT2D eigenvalue weighted by Gasteiger charge is -2.59. The molecule has 0 spiro atoms. The van der Waals surface area contributed by atoms with Crippen LogP contribution in [0.3, 0.4) is 0 Å². The summed E-state index contributed by atoms with van der Waals surface area (Å²) < 4.78 is 16.9. The van der Waals surface area contributed by atoms with E-state index in [9.17, 15) is 0 Å². The Kier molecular flexibility index (Phi) is 5.08. The van der Waals surface area contributed by atoms with Gasteiger partial charge in [0.1, 0.15) is 5.67 Å². The van der Waals surface area contributed by atoms with Gasteiger partial charge >= 0.3 is 0 Å². The first kappa shape index (κ1) is 19.0. The van der Waals surface area contributed by atoms with E-state index in [4.69, 9.17) is 0 Å². The molecular formula is C26H35F. The zero-order valence-electron chi connectivity index (χ0n) is 17.1. The van der Waals surface area contributed by atoms with Crippen molar-refractivity contribution in [2.24, 2.45) is 10.8 Å². The molecule has 0 aliphatic heterocycles. The third-order valence-electron chi connectivity index (χ3n) is 8.23. The van der Waals surface area contributed by atoms with Gasteiger partial charge in [-0.15, -0.1) is 0 Å². The molecule has 146 valence electrons. The lowest BCUT2D eigenvalue weighted by molar-refractivity contribution is -0.101. The highest BCUT2D eigenvalue weighted by Crippen LogP contribution is 2.66. The Labute approximate surface area is 164 Å². The van der Waals surface area contributed by atoms with Crippen molar-refractivity contribution in [2.45, 2.75) is 89.6 Å². The van der Waals surface area contributed by atoms with E-state index in [1.165, 1.54) is 44.1 Å². The molecule has 0 aromatic heterocycles. The van der Waals surface area contributed by atoms with Crippen molar-refractivity contribution in [3.05, 3.63) is 59.7 Å². The molecule has 0 saturated heterocycles. The minimum atomic E-state index is -1.24. The number of allylic oxidation sites excluding steroid dienone is 4. The molecule has 0 amide bonds. The maximum absolute atomic E-state index is 16.9. The van der Waals surface area contributed by atoms with Gasteiger partial charge < -0.3 is 0 Å². The summed E-state index contributed by atoms with van der Waals surface area (Å²) in [4.78, 5) is 0. The van der Waals surface area contributed by atoms with Gasteiger partial charge in [-0.1, -0.05) is 69.2 Å². The number of rotatable bonds is 6. The largest absolute Gasteiger partial charge is 0.238 e. The molecular weight excluding hydrogens is 331 g/mol. The third kappa shape index (κ3) is 3.12. The van der Waals surface area contributed by atoms with Gasteiger partial charge in [0, 0.05) is 11.3 Å². The molecule has 0 radical (unpaired) electrons. The molecule has 4 aliphatic carbocycles. The lowest BCUT2D eigenvalue weighted by atomic mass is 9.46. The van der Waals surface area contributed by atoms with Gasteiger partial charge in [-0.3, -0.25) is 0 Å². The molecule has 1 aromatic carbocycles. The first-order valence-electron chi connectivity index (χ1n) is 11.2. The maximum Gasteiger partial charge on any atom is 0.145 e. The predicted octanol–water partition coefficient (Wildman–Crippen LogP) is 7.70. The Morgan fingerprint density at radius 2 is 1.59 bits per heavy atom. The number of halogens is 1. The average molecular weight is 367 g/mol. The SMILES string of the molecule is CCCCC12CCC(C3(F)C=CC=CC3c3ccc(CC)cc3)(CC1)CC2. The number of benzene rings is 1. The Bertz CT molecular complexity index is 686. The van der Waals surface area contributed by atoms with Crippen molar-refractivity contribution in [3.8, 4) is 0 Å². The maximum atomic E-state index is 16.9. The first-order valence-corrected chi connectivity index (χ1v) is 11.2. The molecule has 4 aliphatic rings. The third-order valence-corrected chi connectivity index (χ3v) is 8.23. The summed E-state index contributed by atoms with van der Waals surface area (Å²) in [6.45, 7) is 4.46. The molecule has 2 bridgehead atoms. The van der Waals surface area contributed by atoms with Crippen molar-refractivity contribution in [3.63, 3.8) is 0 Å². The topological polar surface area (TPSA) is 0 Å². The van der Waals surface area contributed by atoms with Crippen molar-refractivity contribution < 1.29 is 4.39 Å². The molecule has 1 heteroatoms. The van der Waals surface area contributed by atoms with Crippen LogP contribution in [-0.4, -0.2) is 5.67 Å². The predicted molar refractivity (Wildman–Crippen MR) is 113 cm³/mol. The highest BCUT2D eigenvalue weighted by atomic mass is 19.1. The first-order chi connectivity index (χ1) is 13.1. The lowest BCUT2D eigenvalue weighted by Crippen LogP contribution is -2.55. The van der Waals surface area contributed by atoms with Crippen molar-refractivity contribution in [1.29, 1.82) is 0 Å². The monoisotopic (exact) mass is 366 g/mol. The van der Waals surface area contributed by atoms with E-state index < -0.39 is 5.67 Å². The Balaban J connectivity index is 1.61. The number of hydrogen-bond acceptors (Lipinski definition) is 0. The average Bonchev–Trinajstić information content (AvgIpc) is 2.74. The van der Waals surface area contributed by atoms with Crippen LogP contribution in [0.4, 0.5) is 4.39 Å². The minimum absolute atomic E-state index is 0.144. The molecule has 27 heavy (non-hydrogen) atoms. The van der Waals surface area contributed by atoms with Crippen LogP contribution < -0.4 is 0 Å². The molecule has 0 N–H and O–H groups in total. The van der Waals surface area contributed by atoms with Gasteiger partial charge in [0.15, 0.2) is 0 Å². The van der Waals surface area contributed by atoms with Gasteiger partial charge in [-0.2, -0.15) is 0 Å². The molecule has 5 rings (SSSR count). The standard InChI is InChI=1S/C26H35F/c1-3-5-13-24-15-18-25(19-16-24,20-17-24)26(27)14-7-6-8-23(26)22-11-9-21(4-2)10-12-22/h6-12,14,23H,3-5,13,15-20H2,1-2H3. The molecule has 1 aromatic rings. The number of unbranched alkanes of at least 4 members (excludes halogenated alkanes) is 1. The van der Waals surface area contributed by atoms with Crippen LogP contribution in [0.25, 0.3) is 0 Å². The zero-order valence-corrected chi connectivity index (χ0v) is 17.1. The molecule has 2 unspecified atom stereocenters. The van der Waals surface area contributed by atoms with Crippen LogP contribution >= 0.6 is 0 Å². The highest BCUT2D eigenvalue weighted by molar-refractivity contribution is 5.39. The van der Waals surface area contributed by atoms with E-state index >= 15 is 4.39 Å². The van der Waals surface area contributed by atoms with E-state index in [-0.39, 0.29) is 11.3 Å². The van der Waals surface area contributed by atoms with Gasteiger partial charge in [0.25, 0.3) is 0 Å².